The fourth-order valence-electron chi connectivity index (χ4n) is 1.98. The van der Waals surface area contributed by atoms with Crippen molar-refractivity contribution in [2.75, 3.05) is 26.3 Å². The fourth-order valence-corrected chi connectivity index (χ4v) is 1.98. The van der Waals surface area contributed by atoms with Crippen LogP contribution in [0.1, 0.15) is 26.2 Å². The molecule has 0 aromatic rings. The maximum absolute atomic E-state index is 5.38. The number of hydrogen-bond acceptors (Lipinski definition) is 3. The molecular weight excluding hydrogens is 176 g/mol. The van der Waals surface area contributed by atoms with Crippen LogP contribution in [0.15, 0.2) is 0 Å². The maximum atomic E-state index is 5.38. The van der Waals surface area contributed by atoms with Crippen molar-refractivity contribution < 1.29 is 4.74 Å². The normalized spacial score (nSPS) is 29.4. The standard InChI is InChI=1S/C11H22N2O/c1-9(10-4-7-14-8-10)12-5-6-13-11-2-3-11/h9-13H,2-8H2,1H3. The SMILES string of the molecule is CC(NCCNC1CC1)C1CCOC1. The van der Waals surface area contributed by atoms with Gasteiger partial charge in [0.25, 0.3) is 0 Å². The van der Waals surface area contributed by atoms with Crippen molar-refractivity contribution in [1.82, 2.24) is 10.6 Å². The van der Waals surface area contributed by atoms with Crippen LogP contribution in [-0.2, 0) is 4.74 Å². The van der Waals surface area contributed by atoms with E-state index in [1.165, 1.54) is 19.3 Å². The topological polar surface area (TPSA) is 33.3 Å². The van der Waals surface area contributed by atoms with E-state index in [9.17, 15) is 0 Å². The molecule has 0 radical (unpaired) electrons. The van der Waals surface area contributed by atoms with Gasteiger partial charge in [-0.3, -0.25) is 0 Å². The zero-order valence-corrected chi connectivity index (χ0v) is 9.09. The van der Waals surface area contributed by atoms with E-state index in [0.29, 0.717) is 6.04 Å². The molecule has 2 rings (SSSR count). The van der Waals surface area contributed by atoms with E-state index in [0.717, 1.165) is 38.3 Å². The van der Waals surface area contributed by atoms with Crippen LogP contribution in [0, 0.1) is 5.92 Å². The first-order chi connectivity index (χ1) is 6.86. The minimum atomic E-state index is 0.610. The average molecular weight is 198 g/mol. The van der Waals surface area contributed by atoms with Crippen LogP contribution < -0.4 is 10.6 Å². The number of ether oxygens (including phenoxy) is 1. The monoisotopic (exact) mass is 198 g/mol. The molecule has 1 aliphatic heterocycles. The molecule has 0 bridgehead atoms. The molecule has 2 N–H and O–H groups in total. The first kappa shape index (κ1) is 10.4. The highest BCUT2D eigenvalue weighted by Crippen LogP contribution is 2.18. The van der Waals surface area contributed by atoms with Gasteiger partial charge in [0.1, 0.15) is 0 Å². The van der Waals surface area contributed by atoms with Crippen molar-refractivity contribution in [3.05, 3.63) is 0 Å². The highest BCUT2D eigenvalue weighted by atomic mass is 16.5. The molecule has 1 saturated heterocycles. The van der Waals surface area contributed by atoms with E-state index in [2.05, 4.69) is 17.6 Å². The lowest BCUT2D eigenvalue weighted by atomic mass is 10.0. The summed E-state index contributed by atoms with van der Waals surface area (Å²) < 4.78 is 5.38. The lowest BCUT2D eigenvalue weighted by molar-refractivity contribution is 0.178. The van der Waals surface area contributed by atoms with Gasteiger partial charge in [0.2, 0.25) is 0 Å². The second-order valence-corrected chi connectivity index (χ2v) is 4.59. The summed E-state index contributed by atoms with van der Waals surface area (Å²) in [5, 5.41) is 7.07. The third-order valence-corrected chi connectivity index (χ3v) is 3.27. The predicted octanol–water partition coefficient (Wildman–Crippen LogP) is 0.753. The summed E-state index contributed by atoms with van der Waals surface area (Å²) in [4.78, 5) is 0. The molecule has 14 heavy (non-hydrogen) atoms. The van der Waals surface area contributed by atoms with Crippen molar-refractivity contribution in [2.24, 2.45) is 5.92 Å². The van der Waals surface area contributed by atoms with Crippen LogP contribution >= 0.6 is 0 Å². The third kappa shape index (κ3) is 3.23. The summed E-state index contributed by atoms with van der Waals surface area (Å²) >= 11 is 0. The lowest BCUT2D eigenvalue weighted by Gasteiger charge is -2.19. The Morgan fingerprint density at radius 2 is 2.14 bits per heavy atom. The Morgan fingerprint density at radius 3 is 2.79 bits per heavy atom. The smallest absolute Gasteiger partial charge is 0.0509 e. The number of hydrogen-bond donors (Lipinski definition) is 2. The summed E-state index contributed by atoms with van der Waals surface area (Å²) in [6, 6.07) is 1.44. The molecule has 1 heterocycles. The minimum absolute atomic E-state index is 0.610. The Balaban J connectivity index is 1.50. The van der Waals surface area contributed by atoms with E-state index in [4.69, 9.17) is 4.74 Å². The largest absolute Gasteiger partial charge is 0.381 e. The Morgan fingerprint density at radius 1 is 1.29 bits per heavy atom. The fraction of sp³-hybridized carbons (Fsp3) is 1.00. The highest BCUT2D eigenvalue weighted by Gasteiger charge is 2.22. The van der Waals surface area contributed by atoms with Crippen molar-refractivity contribution in [1.29, 1.82) is 0 Å². The Hall–Kier alpha value is -0.120. The lowest BCUT2D eigenvalue weighted by Crippen LogP contribution is -2.38. The van der Waals surface area contributed by atoms with Crippen LogP contribution in [0.4, 0.5) is 0 Å². The van der Waals surface area contributed by atoms with E-state index in [1.807, 2.05) is 0 Å². The van der Waals surface area contributed by atoms with Crippen LogP contribution in [0.5, 0.6) is 0 Å². The molecule has 3 heteroatoms. The molecule has 3 nitrogen and oxygen atoms in total. The average Bonchev–Trinajstić information content (AvgIpc) is 2.84. The number of rotatable bonds is 6. The van der Waals surface area contributed by atoms with Gasteiger partial charge in [-0.25, -0.2) is 0 Å². The molecule has 2 atom stereocenters. The van der Waals surface area contributed by atoms with E-state index in [-0.39, 0.29) is 0 Å². The molecule has 1 saturated carbocycles. The van der Waals surface area contributed by atoms with Gasteiger partial charge in [-0.05, 0) is 32.1 Å². The summed E-state index contributed by atoms with van der Waals surface area (Å²) in [5.74, 6) is 0.732. The molecule has 2 aliphatic rings. The Kier molecular flexibility index (Phi) is 3.79. The van der Waals surface area contributed by atoms with Crippen LogP contribution in [0.25, 0.3) is 0 Å². The van der Waals surface area contributed by atoms with E-state index in [1.54, 1.807) is 0 Å². The second-order valence-electron chi connectivity index (χ2n) is 4.59. The van der Waals surface area contributed by atoms with E-state index >= 15 is 0 Å². The molecular formula is C11H22N2O. The first-order valence-electron chi connectivity index (χ1n) is 5.91. The van der Waals surface area contributed by atoms with Gasteiger partial charge in [-0.2, -0.15) is 0 Å². The highest BCUT2D eigenvalue weighted by molar-refractivity contribution is 4.81. The van der Waals surface area contributed by atoms with Crippen molar-refractivity contribution >= 4 is 0 Å². The minimum Gasteiger partial charge on any atom is -0.381 e. The van der Waals surface area contributed by atoms with Gasteiger partial charge in [0.15, 0.2) is 0 Å². The first-order valence-corrected chi connectivity index (χ1v) is 5.91. The zero-order chi connectivity index (χ0) is 9.80. The van der Waals surface area contributed by atoms with Crippen LogP contribution in [-0.4, -0.2) is 38.4 Å². The predicted molar refractivity (Wildman–Crippen MR) is 57.4 cm³/mol. The molecule has 0 aromatic carbocycles. The van der Waals surface area contributed by atoms with Crippen LogP contribution in [0.2, 0.25) is 0 Å². The van der Waals surface area contributed by atoms with Gasteiger partial charge in [-0.15, -0.1) is 0 Å². The van der Waals surface area contributed by atoms with Crippen molar-refractivity contribution in [3.8, 4) is 0 Å². The van der Waals surface area contributed by atoms with Crippen molar-refractivity contribution in [3.63, 3.8) is 0 Å². The van der Waals surface area contributed by atoms with Gasteiger partial charge >= 0.3 is 0 Å². The molecule has 2 fully saturated rings. The molecule has 82 valence electrons. The Labute approximate surface area is 86.6 Å². The van der Waals surface area contributed by atoms with E-state index < -0.39 is 0 Å². The quantitative estimate of drug-likeness (QED) is 0.618. The van der Waals surface area contributed by atoms with Gasteiger partial charge < -0.3 is 15.4 Å². The molecule has 0 spiro atoms. The number of nitrogens with one attached hydrogen (secondary N) is 2. The van der Waals surface area contributed by atoms with Gasteiger partial charge in [0.05, 0.1) is 6.61 Å². The summed E-state index contributed by atoms with van der Waals surface area (Å²) in [6.07, 6.45) is 3.99. The second kappa shape index (κ2) is 5.10. The third-order valence-electron chi connectivity index (χ3n) is 3.27. The van der Waals surface area contributed by atoms with Gasteiger partial charge in [0, 0.05) is 31.8 Å². The summed E-state index contributed by atoms with van der Waals surface area (Å²) in [5.41, 5.74) is 0. The Bertz CT molecular complexity index is 165. The molecule has 2 unspecified atom stereocenters. The maximum Gasteiger partial charge on any atom is 0.0509 e. The van der Waals surface area contributed by atoms with Gasteiger partial charge in [-0.1, -0.05) is 0 Å². The molecule has 0 aromatic heterocycles. The molecule has 0 amide bonds. The molecule has 1 aliphatic carbocycles. The summed E-state index contributed by atoms with van der Waals surface area (Å²) in [6.45, 7) is 6.38. The van der Waals surface area contributed by atoms with Crippen LogP contribution in [0.3, 0.4) is 0 Å². The van der Waals surface area contributed by atoms with Crippen molar-refractivity contribution in [2.45, 2.75) is 38.3 Å². The summed E-state index contributed by atoms with van der Waals surface area (Å²) in [7, 11) is 0. The zero-order valence-electron chi connectivity index (χ0n) is 9.09.